The molecule has 1 heterocycles. The van der Waals surface area contributed by atoms with Crippen LogP contribution >= 0.6 is 0 Å². The van der Waals surface area contributed by atoms with Gasteiger partial charge >= 0.3 is 5.97 Å². The summed E-state index contributed by atoms with van der Waals surface area (Å²) in [6, 6.07) is 15.1. The summed E-state index contributed by atoms with van der Waals surface area (Å²) in [6.07, 6.45) is 0.194. The standard InChI is InChI=1S/C17H17NO4S/c19-17(20)16-10-14-8-4-5-9-15(14)11-18(16)23(21,22)12-13-6-2-1-3-7-13/h1-9,16H,10-12H2,(H,19,20)/t16-/m0/s1. The van der Waals surface area contributed by atoms with Gasteiger partial charge in [-0.25, -0.2) is 8.42 Å². The van der Waals surface area contributed by atoms with Crippen LogP contribution in [0.25, 0.3) is 0 Å². The molecule has 120 valence electrons. The van der Waals surface area contributed by atoms with Crippen molar-refractivity contribution in [3.05, 3.63) is 71.3 Å². The summed E-state index contributed by atoms with van der Waals surface area (Å²) in [5, 5.41) is 9.46. The molecule has 0 saturated heterocycles. The molecule has 2 aromatic rings. The second-order valence-corrected chi connectivity index (χ2v) is 7.54. The van der Waals surface area contributed by atoms with Crippen LogP contribution in [0.4, 0.5) is 0 Å². The molecule has 0 radical (unpaired) electrons. The van der Waals surface area contributed by atoms with Crippen molar-refractivity contribution in [3.63, 3.8) is 0 Å². The number of benzene rings is 2. The van der Waals surface area contributed by atoms with E-state index in [4.69, 9.17) is 0 Å². The Balaban J connectivity index is 1.94. The van der Waals surface area contributed by atoms with Crippen LogP contribution in [0, 0.1) is 0 Å². The second kappa shape index (κ2) is 6.14. The molecule has 1 N–H and O–H groups in total. The van der Waals surface area contributed by atoms with Crippen LogP contribution < -0.4 is 0 Å². The molecule has 2 aromatic carbocycles. The summed E-state index contributed by atoms with van der Waals surface area (Å²) < 4.78 is 26.6. The average Bonchev–Trinajstić information content (AvgIpc) is 2.54. The van der Waals surface area contributed by atoms with Gasteiger partial charge in [-0.05, 0) is 16.7 Å². The molecular weight excluding hydrogens is 314 g/mol. The van der Waals surface area contributed by atoms with Gasteiger partial charge in [0, 0.05) is 13.0 Å². The van der Waals surface area contributed by atoms with Gasteiger partial charge in [-0.15, -0.1) is 0 Å². The smallest absolute Gasteiger partial charge is 0.322 e. The number of nitrogens with zero attached hydrogens (tertiary/aromatic N) is 1. The third kappa shape index (κ3) is 3.28. The van der Waals surface area contributed by atoms with Gasteiger partial charge in [-0.1, -0.05) is 54.6 Å². The largest absolute Gasteiger partial charge is 0.480 e. The zero-order chi connectivity index (χ0) is 16.4. The van der Waals surface area contributed by atoms with E-state index < -0.39 is 22.0 Å². The van der Waals surface area contributed by atoms with E-state index in [1.807, 2.05) is 30.3 Å². The van der Waals surface area contributed by atoms with Crippen molar-refractivity contribution >= 4 is 16.0 Å². The van der Waals surface area contributed by atoms with Crippen molar-refractivity contribution in [1.29, 1.82) is 0 Å². The molecule has 0 unspecified atom stereocenters. The van der Waals surface area contributed by atoms with E-state index in [1.54, 1.807) is 24.3 Å². The van der Waals surface area contributed by atoms with Crippen LogP contribution in [0.5, 0.6) is 0 Å². The molecule has 0 amide bonds. The molecule has 3 rings (SSSR count). The topological polar surface area (TPSA) is 74.7 Å². The Morgan fingerprint density at radius 2 is 1.65 bits per heavy atom. The number of rotatable bonds is 4. The number of hydrogen-bond acceptors (Lipinski definition) is 3. The third-order valence-electron chi connectivity index (χ3n) is 4.04. The second-order valence-electron chi connectivity index (χ2n) is 5.61. The molecule has 0 aliphatic carbocycles. The Labute approximate surface area is 135 Å². The van der Waals surface area contributed by atoms with Crippen molar-refractivity contribution < 1.29 is 18.3 Å². The highest BCUT2D eigenvalue weighted by atomic mass is 32.2. The molecule has 0 fully saturated rings. The first-order chi connectivity index (χ1) is 11.0. The lowest BCUT2D eigenvalue weighted by molar-refractivity contribution is -0.141. The number of fused-ring (bicyclic) bond motifs is 1. The fraction of sp³-hybridized carbons (Fsp3) is 0.235. The van der Waals surface area contributed by atoms with Gasteiger partial charge in [0.2, 0.25) is 10.0 Å². The van der Waals surface area contributed by atoms with Crippen molar-refractivity contribution in [3.8, 4) is 0 Å². The van der Waals surface area contributed by atoms with Crippen LogP contribution in [-0.4, -0.2) is 29.8 Å². The van der Waals surface area contributed by atoms with E-state index in [0.29, 0.717) is 5.56 Å². The van der Waals surface area contributed by atoms with E-state index in [2.05, 4.69) is 0 Å². The van der Waals surface area contributed by atoms with Crippen molar-refractivity contribution in [2.45, 2.75) is 24.8 Å². The molecule has 1 aliphatic heterocycles. The monoisotopic (exact) mass is 331 g/mol. The zero-order valence-corrected chi connectivity index (χ0v) is 13.2. The highest BCUT2D eigenvalue weighted by Crippen LogP contribution is 2.27. The summed E-state index contributed by atoms with van der Waals surface area (Å²) in [5.74, 6) is -1.31. The molecular formula is C17H17NO4S. The van der Waals surface area contributed by atoms with Gasteiger partial charge in [0.25, 0.3) is 0 Å². The minimum Gasteiger partial charge on any atom is -0.480 e. The SMILES string of the molecule is O=C(O)[C@@H]1Cc2ccccc2CN1S(=O)(=O)Cc1ccccc1. The van der Waals surface area contributed by atoms with Crippen LogP contribution in [0.1, 0.15) is 16.7 Å². The van der Waals surface area contributed by atoms with E-state index in [1.165, 1.54) is 0 Å². The van der Waals surface area contributed by atoms with E-state index >= 15 is 0 Å². The molecule has 6 heteroatoms. The van der Waals surface area contributed by atoms with Crippen molar-refractivity contribution in [1.82, 2.24) is 4.31 Å². The summed E-state index contributed by atoms with van der Waals surface area (Å²) in [7, 11) is -3.72. The number of sulfonamides is 1. The van der Waals surface area contributed by atoms with Crippen molar-refractivity contribution in [2.24, 2.45) is 0 Å². The predicted octanol–water partition coefficient (Wildman–Crippen LogP) is 2.03. The summed E-state index contributed by atoms with van der Waals surface area (Å²) in [6.45, 7) is 0.0995. The van der Waals surface area contributed by atoms with Crippen LogP contribution in [0.3, 0.4) is 0 Å². The lowest BCUT2D eigenvalue weighted by Crippen LogP contribution is -2.48. The first-order valence-electron chi connectivity index (χ1n) is 7.30. The van der Waals surface area contributed by atoms with E-state index in [0.717, 1.165) is 15.4 Å². The maximum absolute atomic E-state index is 12.7. The molecule has 1 atom stereocenters. The molecule has 5 nitrogen and oxygen atoms in total. The Morgan fingerprint density at radius 3 is 2.30 bits per heavy atom. The normalized spacial score (nSPS) is 18.3. The van der Waals surface area contributed by atoms with E-state index in [9.17, 15) is 18.3 Å². The Hall–Kier alpha value is -2.18. The predicted molar refractivity (Wildman–Crippen MR) is 86.2 cm³/mol. The van der Waals surface area contributed by atoms with Gasteiger partial charge < -0.3 is 5.11 Å². The lowest BCUT2D eigenvalue weighted by Gasteiger charge is -2.33. The Morgan fingerprint density at radius 1 is 1.04 bits per heavy atom. The Bertz CT molecular complexity index is 817. The molecule has 0 saturated carbocycles. The number of aliphatic carboxylic acids is 1. The van der Waals surface area contributed by atoms with Crippen LogP contribution in [0.15, 0.2) is 54.6 Å². The fourth-order valence-electron chi connectivity index (χ4n) is 2.87. The minimum atomic E-state index is -3.72. The Kier molecular flexibility index (Phi) is 4.19. The number of carboxylic acid groups (broad SMARTS) is 1. The maximum atomic E-state index is 12.7. The third-order valence-corrected chi connectivity index (χ3v) is 5.84. The fourth-order valence-corrected chi connectivity index (χ4v) is 4.54. The van der Waals surface area contributed by atoms with Gasteiger partial charge in [0.05, 0.1) is 5.75 Å². The number of hydrogen-bond donors (Lipinski definition) is 1. The van der Waals surface area contributed by atoms with Crippen molar-refractivity contribution in [2.75, 3.05) is 0 Å². The minimum absolute atomic E-state index is 0.0995. The molecule has 0 aromatic heterocycles. The highest BCUT2D eigenvalue weighted by Gasteiger charge is 2.38. The number of carbonyl (C=O) groups is 1. The number of carboxylic acids is 1. The van der Waals surface area contributed by atoms with Crippen LogP contribution in [-0.2, 0) is 33.5 Å². The van der Waals surface area contributed by atoms with Gasteiger partial charge in [-0.3, -0.25) is 4.79 Å². The van der Waals surface area contributed by atoms with E-state index in [-0.39, 0.29) is 18.7 Å². The summed E-state index contributed by atoms with van der Waals surface area (Å²) in [5.41, 5.74) is 2.41. The van der Waals surface area contributed by atoms with Crippen LogP contribution in [0.2, 0.25) is 0 Å². The van der Waals surface area contributed by atoms with Gasteiger partial charge in [-0.2, -0.15) is 4.31 Å². The quantitative estimate of drug-likeness (QED) is 0.930. The molecule has 0 bridgehead atoms. The molecule has 1 aliphatic rings. The molecule has 23 heavy (non-hydrogen) atoms. The highest BCUT2D eigenvalue weighted by molar-refractivity contribution is 7.88. The van der Waals surface area contributed by atoms with Gasteiger partial charge in [0.15, 0.2) is 0 Å². The molecule has 0 spiro atoms. The average molecular weight is 331 g/mol. The zero-order valence-electron chi connectivity index (χ0n) is 12.4. The first-order valence-corrected chi connectivity index (χ1v) is 8.91. The lowest BCUT2D eigenvalue weighted by atomic mass is 9.96. The first kappa shape index (κ1) is 15.7. The summed E-state index contributed by atoms with van der Waals surface area (Å²) >= 11 is 0. The maximum Gasteiger partial charge on any atom is 0.322 e. The summed E-state index contributed by atoms with van der Waals surface area (Å²) in [4.78, 5) is 11.6. The van der Waals surface area contributed by atoms with Gasteiger partial charge in [0.1, 0.15) is 6.04 Å².